The topological polar surface area (TPSA) is 78.3 Å². The Kier molecular flexibility index (Phi) is 5.83. The average molecular weight is 425 g/mol. The van der Waals surface area contributed by atoms with Gasteiger partial charge in [-0.2, -0.15) is 5.10 Å². The Bertz CT molecular complexity index is 1010. The summed E-state index contributed by atoms with van der Waals surface area (Å²) >= 11 is 0. The normalized spacial score (nSPS) is 18.5. The van der Waals surface area contributed by atoms with Gasteiger partial charge in [0.05, 0.1) is 18.8 Å². The highest BCUT2D eigenvalue weighted by Crippen LogP contribution is 2.30. The number of halogens is 1. The lowest BCUT2D eigenvalue weighted by atomic mass is 10.1. The molecule has 1 saturated heterocycles. The molecule has 8 nitrogen and oxygen atoms in total. The van der Waals surface area contributed by atoms with Crippen LogP contribution < -0.4 is 9.80 Å². The first-order valence-electron chi connectivity index (χ1n) is 10.2. The Balaban J connectivity index is 1.47. The molecule has 0 aliphatic carbocycles. The summed E-state index contributed by atoms with van der Waals surface area (Å²) in [6, 6.07) is 8.29. The van der Waals surface area contributed by atoms with E-state index in [1.807, 2.05) is 29.1 Å². The second-order valence-electron chi connectivity index (χ2n) is 7.73. The zero-order valence-electron chi connectivity index (χ0n) is 17.5. The van der Waals surface area contributed by atoms with Gasteiger partial charge in [0.2, 0.25) is 0 Å². The molecule has 0 radical (unpaired) electrons. The minimum absolute atomic E-state index is 0.0458. The largest absolute Gasteiger partial charge is 0.444 e. The maximum Gasteiger partial charge on any atom is 0.414 e. The lowest BCUT2D eigenvalue weighted by Gasteiger charge is -2.26. The van der Waals surface area contributed by atoms with Gasteiger partial charge in [-0.15, -0.1) is 0 Å². The summed E-state index contributed by atoms with van der Waals surface area (Å²) in [4.78, 5) is 31.1. The van der Waals surface area contributed by atoms with Crippen molar-refractivity contribution in [3.8, 4) is 11.1 Å². The van der Waals surface area contributed by atoms with Crippen LogP contribution in [0.4, 0.5) is 20.7 Å². The van der Waals surface area contributed by atoms with Gasteiger partial charge in [0.15, 0.2) is 0 Å². The molecule has 1 aromatic heterocycles. The van der Waals surface area contributed by atoms with Gasteiger partial charge in [-0.05, 0) is 43.7 Å². The van der Waals surface area contributed by atoms with Crippen molar-refractivity contribution in [3.63, 3.8) is 0 Å². The predicted molar refractivity (Wildman–Crippen MR) is 116 cm³/mol. The molecule has 0 unspecified atom stereocenters. The van der Waals surface area contributed by atoms with E-state index in [0.717, 1.165) is 18.9 Å². The lowest BCUT2D eigenvalue weighted by Crippen LogP contribution is -2.36. The third-order valence-electron chi connectivity index (χ3n) is 5.36. The Morgan fingerprint density at radius 3 is 2.74 bits per heavy atom. The number of hydrazone groups is 1. The molecular weight excluding hydrogens is 401 g/mol. The first-order chi connectivity index (χ1) is 14.9. The van der Waals surface area contributed by atoms with Crippen molar-refractivity contribution in [2.45, 2.75) is 25.9 Å². The summed E-state index contributed by atoms with van der Waals surface area (Å²) in [6.45, 7) is 3.37. The molecule has 2 aromatic rings. The monoisotopic (exact) mass is 425 g/mol. The highest BCUT2D eigenvalue weighted by molar-refractivity contribution is 5.90. The van der Waals surface area contributed by atoms with Gasteiger partial charge in [-0.3, -0.25) is 9.91 Å². The molecule has 0 spiro atoms. The number of nitrogens with zero attached hydrogens (tertiary/aromatic N) is 5. The van der Waals surface area contributed by atoms with Crippen LogP contribution in [-0.2, 0) is 9.53 Å². The number of rotatable bonds is 6. The number of carbonyl (C=O) groups is 2. The van der Waals surface area contributed by atoms with Gasteiger partial charge >= 0.3 is 6.09 Å². The number of hydrogen-bond acceptors (Lipinski definition) is 7. The molecule has 1 atom stereocenters. The van der Waals surface area contributed by atoms with Crippen LogP contribution in [0.1, 0.15) is 19.8 Å². The maximum atomic E-state index is 14.9. The Hall–Kier alpha value is -3.49. The van der Waals surface area contributed by atoms with E-state index in [9.17, 15) is 14.0 Å². The minimum atomic E-state index is -0.527. The highest BCUT2D eigenvalue weighted by atomic mass is 19.1. The number of cyclic esters (lactones) is 1. The summed E-state index contributed by atoms with van der Waals surface area (Å²) in [5.74, 6) is 0.340. The SMILES string of the molecule is CC(=O)CC[C@H]1CN(c2ccc(-c3ccc(N4C=NN(C)CC4)nc3)c(F)c2)C(=O)O1. The fourth-order valence-corrected chi connectivity index (χ4v) is 3.56. The molecule has 2 aliphatic rings. The third-order valence-corrected chi connectivity index (χ3v) is 5.36. The third kappa shape index (κ3) is 4.65. The van der Waals surface area contributed by atoms with E-state index in [4.69, 9.17) is 4.74 Å². The molecule has 31 heavy (non-hydrogen) atoms. The smallest absolute Gasteiger partial charge is 0.414 e. The van der Waals surface area contributed by atoms with Crippen LogP contribution in [0, 0.1) is 5.82 Å². The number of carbonyl (C=O) groups excluding carboxylic acids is 2. The van der Waals surface area contributed by atoms with E-state index in [2.05, 4.69) is 10.1 Å². The van der Waals surface area contributed by atoms with Crippen molar-refractivity contribution in [3.05, 3.63) is 42.3 Å². The minimum Gasteiger partial charge on any atom is -0.444 e. The molecule has 1 fully saturated rings. The first-order valence-corrected chi connectivity index (χ1v) is 10.2. The summed E-state index contributed by atoms with van der Waals surface area (Å²) < 4.78 is 20.2. The van der Waals surface area contributed by atoms with Gasteiger partial charge in [0.1, 0.15) is 29.9 Å². The molecular formula is C22H24FN5O3. The summed E-state index contributed by atoms with van der Waals surface area (Å²) in [7, 11) is 1.91. The van der Waals surface area contributed by atoms with Crippen LogP contribution in [0.3, 0.4) is 0 Å². The number of Topliss-reactive ketones (excluding diaryl/α,β-unsaturated/α-hetero) is 1. The lowest BCUT2D eigenvalue weighted by molar-refractivity contribution is -0.117. The zero-order valence-corrected chi connectivity index (χ0v) is 17.5. The van der Waals surface area contributed by atoms with Crippen molar-refractivity contribution in [2.24, 2.45) is 5.10 Å². The van der Waals surface area contributed by atoms with Gasteiger partial charge in [0.25, 0.3) is 0 Å². The number of hydrogen-bond donors (Lipinski definition) is 0. The van der Waals surface area contributed by atoms with E-state index in [1.165, 1.54) is 17.9 Å². The molecule has 3 heterocycles. The number of pyridine rings is 1. The van der Waals surface area contributed by atoms with Crippen molar-refractivity contribution < 1.29 is 18.7 Å². The summed E-state index contributed by atoms with van der Waals surface area (Å²) in [5.41, 5.74) is 1.47. The molecule has 4 rings (SSSR count). The average Bonchev–Trinajstić information content (AvgIpc) is 3.13. The highest BCUT2D eigenvalue weighted by Gasteiger charge is 2.32. The number of anilines is 2. The summed E-state index contributed by atoms with van der Waals surface area (Å²) in [6.07, 6.45) is 3.27. The van der Waals surface area contributed by atoms with Crippen molar-refractivity contribution in [2.75, 3.05) is 36.5 Å². The number of benzene rings is 1. The second-order valence-corrected chi connectivity index (χ2v) is 7.73. The molecule has 162 valence electrons. The molecule has 0 N–H and O–H groups in total. The van der Waals surface area contributed by atoms with Crippen LogP contribution in [0.5, 0.6) is 0 Å². The van der Waals surface area contributed by atoms with E-state index < -0.39 is 11.9 Å². The number of likely N-dealkylation sites (N-methyl/N-ethyl adjacent to an activating group) is 1. The van der Waals surface area contributed by atoms with Crippen LogP contribution in [0.25, 0.3) is 11.1 Å². The fourth-order valence-electron chi connectivity index (χ4n) is 3.56. The Morgan fingerprint density at radius 2 is 2.10 bits per heavy atom. The fraction of sp³-hybridized carbons (Fsp3) is 0.364. The Morgan fingerprint density at radius 1 is 1.26 bits per heavy atom. The molecule has 0 saturated carbocycles. The van der Waals surface area contributed by atoms with Crippen molar-refractivity contribution >= 4 is 29.7 Å². The van der Waals surface area contributed by atoms with E-state index in [0.29, 0.717) is 36.2 Å². The number of amides is 1. The van der Waals surface area contributed by atoms with Crippen molar-refractivity contribution in [1.82, 2.24) is 9.99 Å². The molecule has 1 amide bonds. The second kappa shape index (κ2) is 8.71. The van der Waals surface area contributed by atoms with Gasteiger partial charge < -0.3 is 14.4 Å². The van der Waals surface area contributed by atoms with Crippen LogP contribution in [0.15, 0.2) is 41.6 Å². The van der Waals surface area contributed by atoms with E-state index in [-0.39, 0.29) is 11.9 Å². The van der Waals surface area contributed by atoms with Crippen LogP contribution in [0.2, 0.25) is 0 Å². The predicted octanol–water partition coefficient (Wildman–Crippen LogP) is 3.28. The standard InChI is InChI=1S/C22H24FN5O3/c1-15(29)3-6-18-13-28(22(30)31-18)17-5-7-19(20(23)11-17)16-4-8-21(24-12-16)27-10-9-26(2)25-14-27/h4-5,7-8,11-12,14,18H,3,6,9-10,13H2,1-2H3/t18-/m0/s1. The maximum absolute atomic E-state index is 14.9. The molecule has 2 aliphatic heterocycles. The van der Waals surface area contributed by atoms with Crippen molar-refractivity contribution in [1.29, 1.82) is 0 Å². The van der Waals surface area contributed by atoms with Gasteiger partial charge in [0, 0.05) is 37.3 Å². The van der Waals surface area contributed by atoms with Gasteiger partial charge in [-0.25, -0.2) is 14.2 Å². The number of aromatic nitrogens is 1. The number of ether oxygens (including phenoxy) is 1. The Labute approximate surface area is 179 Å². The van der Waals surface area contributed by atoms with E-state index >= 15 is 0 Å². The molecule has 0 bridgehead atoms. The van der Waals surface area contributed by atoms with Gasteiger partial charge in [-0.1, -0.05) is 0 Å². The molecule has 1 aromatic carbocycles. The number of ketones is 1. The molecule has 9 heteroatoms. The quantitative estimate of drug-likeness (QED) is 0.707. The first kappa shape index (κ1) is 20.8. The van der Waals surface area contributed by atoms with E-state index in [1.54, 1.807) is 24.7 Å². The summed E-state index contributed by atoms with van der Waals surface area (Å²) in [5, 5.41) is 6.09. The zero-order chi connectivity index (χ0) is 22.0. The van der Waals surface area contributed by atoms with Crippen LogP contribution >= 0.6 is 0 Å². The van der Waals surface area contributed by atoms with Crippen LogP contribution in [-0.4, -0.2) is 61.0 Å².